The van der Waals surface area contributed by atoms with Gasteiger partial charge in [0.2, 0.25) is 5.96 Å². The monoisotopic (exact) mass is 394 g/mol. The molecule has 1 aromatic carbocycles. The van der Waals surface area contributed by atoms with Gasteiger partial charge in [-0.05, 0) is 24.3 Å². The van der Waals surface area contributed by atoms with Crippen molar-refractivity contribution in [3.05, 3.63) is 28.3 Å². The second-order valence-corrected chi connectivity index (χ2v) is 5.75. The summed E-state index contributed by atoms with van der Waals surface area (Å²) in [5, 5.41) is 24.5. The van der Waals surface area contributed by atoms with Crippen LogP contribution in [0.5, 0.6) is 0 Å². The Labute approximate surface area is 176 Å². The number of thioether (sulfide) groups is 1. The van der Waals surface area contributed by atoms with Crippen molar-refractivity contribution in [3.8, 4) is 0 Å². The van der Waals surface area contributed by atoms with Crippen LogP contribution in [0.4, 0.5) is 16.2 Å². The molecule has 0 saturated heterocycles. The van der Waals surface area contributed by atoms with E-state index in [4.69, 9.17) is 5.11 Å². The van der Waals surface area contributed by atoms with Crippen molar-refractivity contribution in [2.45, 2.75) is 18.2 Å². The third-order valence-corrected chi connectivity index (χ3v) is 3.86. The molecule has 0 heterocycles. The number of rotatable bonds is 7. The standard InChI is InChI=1S/C14H18N4O6S.Na.H/c1-3-6-25-9-4-5-11(18(22)23)10(7-9)16-13(15-8-12(19)20)17-14(21)24-2;;/h4-5,7H,3,6,8H2,1-2H3,(H,19,20)(H2,15,16,17,21);;. The Morgan fingerprint density at radius 3 is 2.65 bits per heavy atom. The Morgan fingerprint density at radius 1 is 1.42 bits per heavy atom. The predicted octanol–water partition coefficient (Wildman–Crippen LogP) is 1.47. The molecule has 1 rings (SSSR count). The summed E-state index contributed by atoms with van der Waals surface area (Å²) >= 11 is 1.50. The molecule has 138 valence electrons. The Balaban J connectivity index is 0.00000625. The van der Waals surface area contributed by atoms with Crippen LogP contribution < -0.4 is 10.6 Å². The number of carboxylic acid groups (broad SMARTS) is 1. The molecule has 0 aromatic heterocycles. The first kappa shape index (κ1) is 24.2. The van der Waals surface area contributed by atoms with E-state index in [1.807, 2.05) is 6.92 Å². The first-order valence-corrected chi connectivity index (χ1v) is 8.16. The zero-order chi connectivity index (χ0) is 18.8. The van der Waals surface area contributed by atoms with E-state index in [1.165, 1.54) is 23.9 Å². The van der Waals surface area contributed by atoms with Crippen LogP contribution >= 0.6 is 11.8 Å². The fraction of sp³-hybridized carbons (Fsp3) is 0.357. The van der Waals surface area contributed by atoms with Crippen LogP contribution in [0.1, 0.15) is 13.3 Å². The van der Waals surface area contributed by atoms with Gasteiger partial charge < -0.3 is 15.2 Å². The first-order valence-electron chi connectivity index (χ1n) is 7.18. The van der Waals surface area contributed by atoms with Crippen molar-refractivity contribution in [3.63, 3.8) is 0 Å². The first-order chi connectivity index (χ1) is 11.9. The molecular weight excluding hydrogens is 375 g/mol. The van der Waals surface area contributed by atoms with Gasteiger partial charge in [-0.25, -0.2) is 9.79 Å². The van der Waals surface area contributed by atoms with E-state index in [2.05, 4.69) is 20.4 Å². The number of ether oxygens (including phenoxy) is 1. The Bertz CT molecular complexity index is 685. The summed E-state index contributed by atoms with van der Waals surface area (Å²) in [4.78, 5) is 37.3. The number of aliphatic imine (C=N–C) groups is 1. The Hall–Kier alpha value is -1.82. The summed E-state index contributed by atoms with van der Waals surface area (Å²) in [5.41, 5.74) is -0.294. The molecule has 0 aliphatic carbocycles. The number of methoxy groups -OCH3 is 1. The normalized spacial score (nSPS) is 10.5. The number of nitrogens with zero attached hydrogens (tertiary/aromatic N) is 2. The van der Waals surface area contributed by atoms with Crippen LogP contribution in [-0.4, -0.2) is 77.0 Å². The van der Waals surface area contributed by atoms with Crippen molar-refractivity contribution in [2.24, 2.45) is 4.99 Å². The predicted molar refractivity (Wildman–Crippen MR) is 99.5 cm³/mol. The topological polar surface area (TPSA) is 143 Å². The summed E-state index contributed by atoms with van der Waals surface area (Å²) in [5.74, 6) is -0.637. The third kappa shape index (κ3) is 8.52. The number of hydrogen-bond acceptors (Lipinski definition) is 7. The van der Waals surface area contributed by atoms with Gasteiger partial charge in [0.15, 0.2) is 0 Å². The quantitative estimate of drug-likeness (QED) is 0.157. The van der Waals surface area contributed by atoms with Crippen LogP contribution in [0.2, 0.25) is 0 Å². The molecule has 0 unspecified atom stereocenters. The van der Waals surface area contributed by atoms with Crippen molar-refractivity contribution in [2.75, 3.05) is 19.4 Å². The van der Waals surface area contributed by atoms with Crippen molar-refractivity contribution in [1.82, 2.24) is 10.6 Å². The molecule has 0 atom stereocenters. The van der Waals surface area contributed by atoms with Gasteiger partial charge in [-0.1, -0.05) is 6.92 Å². The molecule has 0 aliphatic heterocycles. The number of hydrogen-bond donors (Lipinski definition) is 3. The molecular formula is C14H19N4NaO6S. The summed E-state index contributed by atoms with van der Waals surface area (Å²) in [6.45, 7) is 1.46. The number of guanidine groups is 1. The molecule has 10 nitrogen and oxygen atoms in total. The van der Waals surface area contributed by atoms with Crippen LogP contribution in [0.15, 0.2) is 28.1 Å². The summed E-state index contributed by atoms with van der Waals surface area (Å²) in [6.07, 6.45) is 0.0334. The van der Waals surface area contributed by atoms with E-state index >= 15 is 0 Å². The number of alkyl carbamates (subject to hydrolysis) is 1. The molecule has 1 amide bonds. The number of carbonyl (C=O) groups is 2. The zero-order valence-electron chi connectivity index (χ0n) is 13.6. The molecule has 0 saturated carbocycles. The van der Waals surface area contributed by atoms with Gasteiger partial charge in [0.05, 0.1) is 12.0 Å². The molecule has 1 aromatic rings. The summed E-state index contributed by atoms with van der Waals surface area (Å²) < 4.78 is 4.42. The maximum absolute atomic E-state index is 11.3. The van der Waals surface area contributed by atoms with Gasteiger partial charge in [-0.15, -0.1) is 11.8 Å². The molecule has 26 heavy (non-hydrogen) atoms. The van der Waals surface area contributed by atoms with Gasteiger partial charge in [0, 0.05) is 11.0 Å². The van der Waals surface area contributed by atoms with Gasteiger partial charge in [0.25, 0.3) is 5.69 Å². The third-order valence-electron chi connectivity index (χ3n) is 2.66. The fourth-order valence-corrected chi connectivity index (χ4v) is 2.40. The molecule has 0 spiro atoms. The van der Waals surface area contributed by atoms with Crippen LogP contribution in [-0.2, 0) is 9.53 Å². The van der Waals surface area contributed by atoms with E-state index < -0.39 is 23.5 Å². The second kappa shape index (κ2) is 12.5. The van der Waals surface area contributed by atoms with Gasteiger partial charge in [-0.2, -0.15) is 0 Å². The minimum atomic E-state index is -1.19. The molecule has 0 fully saturated rings. The SMILES string of the molecule is CCCSc1ccc([N+](=O)[O-])c(/N=C(/NCC(=O)O)NC(=O)OC)c1.[NaH]. The van der Waals surface area contributed by atoms with E-state index in [9.17, 15) is 19.7 Å². The maximum atomic E-state index is 11.3. The van der Waals surface area contributed by atoms with Crippen molar-refractivity contribution >= 4 is 70.7 Å². The van der Waals surface area contributed by atoms with Crippen LogP contribution in [0.3, 0.4) is 0 Å². The van der Waals surface area contributed by atoms with Crippen LogP contribution in [0, 0.1) is 10.1 Å². The van der Waals surface area contributed by atoms with Gasteiger partial charge >= 0.3 is 41.6 Å². The Morgan fingerprint density at radius 2 is 2.12 bits per heavy atom. The molecule has 0 bridgehead atoms. The van der Waals surface area contributed by atoms with E-state index in [0.717, 1.165) is 24.2 Å². The number of amides is 1. The number of nitro groups is 1. The number of carbonyl (C=O) groups excluding carboxylic acids is 1. The second-order valence-electron chi connectivity index (χ2n) is 4.58. The number of nitro benzene ring substituents is 1. The van der Waals surface area contributed by atoms with Crippen LogP contribution in [0.25, 0.3) is 0 Å². The van der Waals surface area contributed by atoms with Crippen molar-refractivity contribution < 1.29 is 24.4 Å². The van der Waals surface area contributed by atoms with E-state index in [0.29, 0.717) is 0 Å². The van der Waals surface area contributed by atoms with E-state index in [1.54, 1.807) is 6.07 Å². The number of aliphatic carboxylic acids is 1. The number of nitrogens with one attached hydrogen (secondary N) is 2. The Kier molecular flexibility index (Phi) is 11.6. The molecule has 12 heteroatoms. The fourth-order valence-electron chi connectivity index (χ4n) is 1.60. The molecule has 0 radical (unpaired) electrons. The molecule has 0 aliphatic rings. The molecule has 3 N–H and O–H groups in total. The number of benzene rings is 1. The van der Waals surface area contributed by atoms with E-state index in [-0.39, 0.29) is 46.9 Å². The summed E-state index contributed by atoms with van der Waals surface area (Å²) in [6, 6.07) is 4.42. The van der Waals surface area contributed by atoms with Crippen molar-refractivity contribution in [1.29, 1.82) is 0 Å². The minimum absolute atomic E-state index is 0. The zero-order valence-corrected chi connectivity index (χ0v) is 14.5. The average Bonchev–Trinajstić information content (AvgIpc) is 2.57. The van der Waals surface area contributed by atoms with Gasteiger partial charge in [-0.3, -0.25) is 20.2 Å². The average molecular weight is 394 g/mol. The number of carboxylic acids is 1. The summed E-state index contributed by atoms with van der Waals surface area (Å²) in [7, 11) is 1.12. The van der Waals surface area contributed by atoms with Gasteiger partial charge in [0.1, 0.15) is 12.2 Å².